The number of carbonyl (C=O) groups is 1. The molecular weight excluding hydrogens is 414 g/mol. The zero-order chi connectivity index (χ0) is 22.2. The summed E-state index contributed by atoms with van der Waals surface area (Å²) < 4.78 is 6.49. The Labute approximate surface area is 185 Å². The molecule has 31 heavy (non-hydrogen) atoms. The van der Waals surface area contributed by atoms with Gasteiger partial charge in [0, 0.05) is 5.56 Å². The summed E-state index contributed by atoms with van der Waals surface area (Å²) in [6.45, 7) is 3.79. The van der Waals surface area contributed by atoms with Gasteiger partial charge < -0.3 is 15.9 Å². The number of nitrogens with one attached hydrogen (secondary N) is 2. The first-order valence-electron chi connectivity index (χ1n) is 9.60. The molecule has 3 rings (SSSR count). The van der Waals surface area contributed by atoms with Crippen molar-refractivity contribution in [1.82, 2.24) is 20.2 Å². The van der Waals surface area contributed by atoms with E-state index in [2.05, 4.69) is 26.0 Å². The third kappa shape index (κ3) is 5.98. The third-order valence-corrected chi connectivity index (χ3v) is 5.43. The van der Waals surface area contributed by atoms with Gasteiger partial charge in [-0.05, 0) is 31.5 Å². The summed E-state index contributed by atoms with van der Waals surface area (Å²) in [6, 6.07) is 17.2. The van der Waals surface area contributed by atoms with Gasteiger partial charge in [0.1, 0.15) is 5.75 Å². The molecule has 0 fully saturated rings. The molecule has 0 aliphatic carbocycles. The molecule has 1 atom stereocenters. The lowest BCUT2D eigenvalue weighted by Crippen LogP contribution is -2.28. The van der Waals surface area contributed by atoms with Gasteiger partial charge in [0.15, 0.2) is 0 Å². The zero-order valence-electron chi connectivity index (χ0n) is 17.6. The maximum atomic E-state index is 12.3. The second kappa shape index (κ2) is 10.5. The van der Waals surface area contributed by atoms with Gasteiger partial charge in [-0.2, -0.15) is 5.10 Å². The fraction of sp³-hybridized carbons (Fsp3) is 0.238. The molecule has 9 nitrogen and oxygen atoms in total. The molecule has 162 valence electrons. The van der Waals surface area contributed by atoms with Crippen LogP contribution < -0.4 is 21.3 Å². The number of methoxy groups -OCH3 is 1. The number of aromatic nitrogens is 3. The Hall–Kier alpha value is -3.53. The zero-order valence-corrected chi connectivity index (χ0v) is 18.4. The summed E-state index contributed by atoms with van der Waals surface area (Å²) in [5.41, 5.74) is 5.47. The highest BCUT2D eigenvalue weighted by Gasteiger charge is 2.14. The minimum atomic E-state index is -0.120. The van der Waals surface area contributed by atoms with E-state index in [1.54, 1.807) is 7.11 Å². The Morgan fingerprint density at radius 1 is 1.23 bits per heavy atom. The molecule has 1 unspecified atom stereocenters. The largest absolute Gasteiger partial charge is 0.497 e. The van der Waals surface area contributed by atoms with Crippen LogP contribution in [0.15, 0.2) is 64.9 Å². The molecule has 0 radical (unpaired) electrons. The minimum absolute atomic E-state index is 0.0869. The van der Waals surface area contributed by atoms with Crippen LogP contribution in [-0.4, -0.2) is 39.4 Å². The maximum Gasteiger partial charge on any atom is 0.264 e. The van der Waals surface area contributed by atoms with E-state index in [-0.39, 0.29) is 23.7 Å². The van der Waals surface area contributed by atoms with Crippen LogP contribution in [-0.2, 0) is 4.79 Å². The molecule has 1 aromatic heterocycles. The predicted molar refractivity (Wildman–Crippen MR) is 123 cm³/mol. The van der Waals surface area contributed by atoms with E-state index < -0.39 is 0 Å². The lowest BCUT2D eigenvalue weighted by Gasteiger charge is -2.13. The van der Waals surface area contributed by atoms with Crippen LogP contribution in [0.1, 0.15) is 31.0 Å². The number of rotatable bonds is 9. The number of benzene rings is 2. The van der Waals surface area contributed by atoms with E-state index >= 15 is 0 Å². The van der Waals surface area contributed by atoms with E-state index in [4.69, 9.17) is 10.6 Å². The Morgan fingerprint density at radius 3 is 2.74 bits per heavy atom. The van der Waals surface area contributed by atoms with E-state index in [1.165, 1.54) is 16.4 Å². The molecule has 0 aliphatic heterocycles. The van der Waals surface area contributed by atoms with E-state index in [0.29, 0.717) is 5.16 Å². The Balaban J connectivity index is 1.55. The van der Waals surface area contributed by atoms with E-state index in [1.807, 2.05) is 68.4 Å². The number of nitrogen functional groups attached to an aromatic ring is 1. The van der Waals surface area contributed by atoms with Crippen LogP contribution in [0.4, 0.5) is 5.95 Å². The summed E-state index contributed by atoms with van der Waals surface area (Å²) >= 11 is 1.20. The number of nitrogens with zero attached hydrogens (tertiary/aromatic N) is 4. The van der Waals surface area contributed by atoms with Gasteiger partial charge in [0.25, 0.3) is 5.95 Å². The van der Waals surface area contributed by atoms with E-state index in [0.717, 1.165) is 22.6 Å². The first-order chi connectivity index (χ1) is 15.0. The van der Waals surface area contributed by atoms with E-state index in [9.17, 15) is 4.79 Å². The number of ether oxygens (including phenoxy) is 1. The average molecular weight is 440 g/mol. The first-order valence-corrected chi connectivity index (χ1v) is 10.6. The molecule has 4 N–H and O–H groups in total. The summed E-state index contributed by atoms with van der Waals surface area (Å²) in [4.78, 5) is 12.3. The van der Waals surface area contributed by atoms with Crippen LogP contribution in [0.3, 0.4) is 0 Å². The Morgan fingerprint density at radius 2 is 2.00 bits per heavy atom. The van der Waals surface area contributed by atoms with Gasteiger partial charge >= 0.3 is 0 Å². The van der Waals surface area contributed by atoms with Gasteiger partial charge in [-0.25, -0.2) is 10.1 Å². The van der Waals surface area contributed by atoms with Crippen molar-refractivity contribution in [1.29, 1.82) is 0 Å². The molecule has 1 amide bonds. The number of hydrogen-bond acceptors (Lipinski definition) is 8. The highest BCUT2D eigenvalue weighted by Crippen LogP contribution is 2.18. The highest BCUT2D eigenvalue weighted by atomic mass is 32.2. The normalized spacial score (nSPS) is 12.3. The van der Waals surface area contributed by atoms with Crippen LogP contribution >= 0.6 is 11.8 Å². The predicted octanol–water partition coefficient (Wildman–Crippen LogP) is 2.81. The molecule has 0 spiro atoms. The second-order valence-electron chi connectivity index (χ2n) is 6.71. The summed E-state index contributed by atoms with van der Waals surface area (Å²) in [5.74, 6) is 7.10. The minimum Gasteiger partial charge on any atom is -0.497 e. The highest BCUT2D eigenvalue weighted by molar-refractivity contribution is 7.99. The monoisotopic (exact) mass is 439 g/mol. The number of amides is 1. The van der Waals surface area contributed by atoms with Crippen molar-refractivity contribution < 1.29 is 9.53 Å². The third-order valence-electron chi connectivity index (χ3n) is 4.49. The van der Waals surface area contributed by atoms with Gasteiger partial charge in [-0.1, -0.05) is 54.2 Å². The van der Waals surface area contributed by atoms with Crippen molar-refractivity contribution >= 4 is 29.3 Å². The van der Waals surface area contributed by atoms with Crippen LogP contribution in [0, 0.1) is 0 Å². The van der Waals surface area contributed by atoms with Crippen molar-refractivity contribution in [2.75, 3.05) is 24.1 Å². The number of hydrazone groups is 1. The molecule has 1 heterocycles. The Kier molecular flexibility index (Phi) is 7.50. The van der Waals surface area contributed by atoms with Crippen molar-refractivity contribution in [3.63, 3.8) is 0 Å². The second-order valence-corrected chi connectivity index (χ2v) is 7.65. The topological polar surface area (TPSA) is 119 Å². The number of carbonyl (C=O) groups excluding carboxylic acids is 1. The van der Waals surface area contributed by atoms with Gasteiger partial charge in [0.2, 0.25) is 11.1 Å². The molecule has 0 bridgehead atoms. The van der Waals surface area contributed by atoms with Gasteiger partial charge in [-0.3, -0.25) is 4.79 Å². The van der Waals surface area contributed by atoms with Crippen molar-refractivity contribution in [2.45, 2.75) is 25.0 Å². The Bertz CT molecular complexity index is 1050. The SMILES string of the molecule is COc1cccc(/C(C)=N/Nc2nnc(SCC(=O)NC(C)c3ccccc3)n2N)c1. The van der Waals surface area contributed by atoms with Crippen molar-refractivity contribution in [2.24, 2.45) is 5.10 Å². The average Bonchev–Trinajstić information content (AvgIpc) is 3.15. The summed E-state index contributed by atoms with van der Waals surface area (Å²) in [6.07, 6.45) is 0. The molecule has 0 aliphatic rings. The summed E-state index contributed by atoms with van der Waals surface area (Å²) in [7, 11) is 1.61. The first kappa shape index (κ1) is 22.2. The van der Waals surface area contributed by atoms with Crippen LogP contribution in [0.5, 0.6) is 5.75 Å². The molecule has 0 saturated heterocycles. The molecule has 0 saturated carbocycles. The number of thioether (sulfide) groups is 1. The fourth-order valence-electron chi connectivity index (χ4n) is 2.74. The smallest absolute Gasteiger partial charge is 0.264 e. The van der Waals surface area contributed by atoms with Crippen LogP contribution in [0.2, 0.25) is 0 Å². The molecule has 10 heteroatoms. The molecular formula is C21H25N7O2S. The van der Waals surface area contributed by atoms with Crippen molar-refractivity contribution in [3.8, 4) is 5.75 Å². The molecule has 3 aromatic rings. The van der Waals surface area contributed by atoms with Crippen LogP contribution in [0.25, 0.3) is 0 Å². The molecule has 2 aromatic carbocycles. The quantitative estimate of drug-likeness (QED) is 0.203. The number of hydrogen-bond donors (Lipinski definition) is 3. The fourth-order valence-corrected chi connectivity index (χ4v) is 3.40. The maximum absolute atomic E-state index is 12.3. The standard InChI is InChI=1S/C21H25N7O2S/c1-14(16-8-5-4-6-9-16)23-19(29)13-31-21-27-26-20(28(21)22)25-24-15(2)17-10-7-11-18(12-17)30-3/h4-12,14H,13,22H2,1-3H3,(H,23,29)(H,25,26)/b24-15+. The lowest BCUT2D eigenvalue weighted by atomic mass is 10.1. The number of anilines is 1. The lowest BCUT2D eigenvalue weighted by molar-refractivity contribution is -0.119. The van der Waals surface area contributed by atoms with Gasteiger partial charge in [0.05, 0.1) is 24.6 Å². The summed E-state index contributed by atoms with van der Waals surface area (Å²) in [5, 5.41) is 15.7. The van der Waals surface area contributed by atoms with Crippen molar-refractivity contribution in [3.05, 3.63) is 65.7 Å². The number of nitrogens with two attached hydrogens (primary N) is 1. The van der Waals surface area contributed by atoms with Gasteiger partial charge in [-0.15, -0.1) is 10.2 Å².